The molecule has 1 unspecified atom stereocenters. The summed E-state index contributed by atoms with van der Waals surface area (Å²) in [5, 5.41) is 4.03. The Labute approximate surface area is 124 Å². The molecule has 106 valence electrons. The molecule has 1 heterocycles. The first-order valence-electron chi connectivity index (χ1n) is 6.79. The predicted molar refractivity (Wildman–Crippen MR) is 83.5 cm³/mol. The van der Waals surface area contributed by atoms with Gasteiger partial charge in [0, 0.05) is 12.2 Å². The maximum absolute atomic E-state index is 6.12. The molecule has 0 aliphatic rings. The molecule has 0 fully saturated rings. The lowest BCUT2D eigenvalue weighted by Gasteiger charge is -2.16. The number of benzene rings is 1. The fraction of sp³-hybridized carbons (Fsp3) is 0.312. The van der Waals surface area contributed by atoms with Crippen molar-refractivity contribution in [2.75, 3.05) is 11.9 Å². The van der Waals surface area contributed by atoms with Crippen molar-refractivity contribution in [3.8, 4) is 5.75 Å². The molecule has 0 radical (unpaired) electrons. The number of hydrogen-bond acceptors (Lipinski definition) is 3. The van der Waals surface area contributed by atoms with E-state index in [9.17, 15) is 0 Å². The average molecular weight is 291 g/mol. The summed E-state index contributed by atoms with van der Waals surface area (Å²) in [5.41, 5.74) is 2.02. The highest BCUT2D eigenvalue weighted by atomic mass is 35.5. The Kier molecular flexibility index (Phi) is 5.24. The molecule has 2 rings (SSSR count). The van der Waals surface area contributed by atoms with Gasteiger partial charge in [-0.25, -0.2) is 0 Å². The van der Waals surface area contributed by atoms with Gasteiger partial charge < -0.3 is 10.1 Å². The van der Waals surface area contributed by atoms with Crippen molar-refractivity contribution in [3.63, 3.8) is 0 Å². The molecule has 1 N–H and O–H groups in total. The molecular formula is C16H19ClN2O. The zero-order chi connectivity index (χ0) is 14.4. The summed E-state index contributed by atoms with van der Waals surface area (Å²) in [5.74, 6) is 0.905. The van der Waals surface area contributed by atoms with Gasteiger partial charge in [0.2, 0.25) is 0 Å². The summed E-state index contributed by atoms with van der Waals surface area (Å²) < 4.78 is 5.58. The maximum atomic E-state index is 6.12. The number of pyridine rings is 1. The molecule has 1 atom stereocenters. The van der Waals surface area contributed by atoms with E-state index in [-0.39, 0.29) is 6.04 Å². The Bertz CT molecular complexity index is 542. The SMILES string of the molecule is CCCOc1ccc(C(C)Nc2cnccc2Cl)cc1. The minimum atomic E-state index is 0.150. The van der Waals surface area contributed by atoms with E-state index in [4.69, 9.17) is 16.3 Å². The zero-order valence-corrected chi connectivity index (χ0v) is 12.5. The Morgan fingerprint density at radius 1 is 1.25 bits per heavy atom. The van der Waals surface area contributed by atoms with Crippen LogP contribution in [-0.4, -0.2) is 11.6 Å². The number of aromatic nitrogens is 1. The Morgan fingerprint density at radius 3 is 2.65 bits per heavy atom. The van der Waals surface area contributed by atoms with Gasteiger partial charge in [-0.1, -0.05) is 30.7 Å². The highest BCUT2D eigenvalue weighted by Gasteiger charge is 2.07. The first kappa shape index (κ1) is 14.7. The summed E-state index contributed by atoms with van der Waals surface area (Å²) >= 11 is 6.12. The Hall–Kier alpha value is -1.74. The van der Waals surface area contributed by atoms with Gasteiger partial charge in [0.05, 0.1) is 23.5 Å². The van der Waals surface area contributed by atoms with E-state index in [1.54, 1.807) is 18.5 Å². The topological polar surface area (TPSA) is 34.1 Å². The van der Waals surface area contributed by atoms with Gasteiger partial charge in [-0.3, -0.25) is 4.98 Å². The molecule has 1 aromatic heterocycles. The molecule has 1 aromatic carbocycles. The van der Waals surface area contributed by atoms with E-state index in [0.717, 1.165) is 24.5 Å². The molecule has 3 nitrogen and oxygen atoms in total. The van der Waals surface area contributed by atoms with Gasteiger partial charge in [0.15, 0.2) is 0 Å². The molecule has 4 heteroatoms. The van der Waals surface area contributed by atoms with E-state index in [2.05, 4.69) is 36.3 Å². The highest BCUT2D eigenvalue weighted by molar-refractivity contribution is 6.33. The third kappa shape index (κ3) is 3.87. The third-order valence-corrected chi connectivity index (χ3v) is 3.32. The first-order chi connectivity index (χ1) is 9.70. The molecular weight excluding hydrogens is 272 g/mol. The van der Waals surface area contributed by atoms with Crippen molar-refractivity contribution < 1.29 is 4.74 Å². The molecule has 0 saturated carbocycles. The van der Waals surface area contributed by atoms with Gasteiger partial charge in [0.25, 0.3) is 0 Å². The van der Waals surface area contributed by atoms with Crippen LogP contribution < -0.4 is 10.1 Å². The van der Waals surface area contributed by atoms with E-state index in [1.165, 1.54) is 5.56 Å². The third-order valence-electron chi connectivity index (χ3n) is 2.99. The van der Waals surface area contributed by atoms with E-state index >= 15 is 0 Å². The fourth-order valence-corrected chi connectivity index (χ4v) is 2.03. The maximum Gasteiger partial charge on any atom is 0.119 e. The summed E-state index contributed by atoms with van der Waals surface area (Å²) in [6.45, 7) is 4.93. The van der Waals surface area contributed by atoms with Crippen LogP contribution in [0, 0.1) is 0 Å². The lowest BCUT2D eigenvalue weighted by atomic mass is 10.1. The predicted octanol–water partition coefficient (Wildman–Crippen LogP) is 4.70. The molecule has 0 saturated heterocycles. The second-order valence-electron chi connectivity index (χ2n) is 4.64. The van der Waals surface area contributed by atoms with Crippen LogP contribution in [0.3, 0.4) is 0 Å². The van der Waals surface area contributed by atoms with Crippen LogP contribution in [0.5, 0.6) is 5.75 Å². The van der Waals surface area contributed by atoms with Crippen LogP contribution in [0.2, 0.25) is 5.02 Å². The summed E-state index contributed by atoms with van der Waals surface area (Å²) in [6.07, 6.45) is 4.43. The van der Waals surface area contributed by atoms with Gasteiger partial charge in [-0.15, -0.1) is 0 Å². The average Bonchev–Trinajstić information content (AvgIpc) is 2.48. The number of rotatable bonds is 6. The fourth-order valence-electron chi connectivity index (χ4n) is 1.87. The summed E-state index contributed by atoms with van der Waals surface area (Å²) in [4.78, 5) is 4.07. The number of nitrogens with one attached hydrogen (secondary N) is 1. The first-order valence-corrected chi connectivity index (χ1v) is 7.17. The zero-order valence-electron chi connectivity index (χ0n) is 11.8. The van der Waals surface area contributed by atoms with Crippen LogP contribution in [0.4, 0.5) is 5.69 Å². The second kappa shape index (κ2) is 7.15. The number of halogens is 1. The summed E-state index contributed by atoms with van der Waals surface area (Å²) in [6, 6.07) is 10.0. The molecule has 0 aliphatic heterocycles. The number of hydrogen-bond donors (Lipinski definition) is 1. The molecule has 0 amide bonds. The smallest absolute Gasteiger partial charge is 0.119 e. The van der Waals surface area contributed by atoms with Crippen LogP contribution in [0.25, 0.3) is 0 Å². The highest BCUT2D eigenvalue weighted by Crippen LogP contribution is 2.25. The van der Waals surface area contributed by atoms with Crippen molar-refractivity contribution in [1.82, 2.24) is 4.98 Å². The normalized spacial score (nSPS) is 11.9. The lowest BCUT2D eigenvalue weighted by molar-refractivity contribution is 0.317. The van der Waals surface area contributed by atoms with Gasteiger partial charge in [-0.2, -0.15) is 0 Å². The molecule has 20 heavy (non-hydrogen) atoms. The second-order valence-corrected chi connectivity index (χ2v) is 5.05. The van der Waals surface area contributed by atoms with Gasteiger partial charge >= 0.3 is 0 Å². The van der Waals surface area contributed by atoms with Crippen molar-refractivity contribution >= 4 is 17.3 Å². The van der Waals surface area contributed by atoms with E-state index in [0.29, 0.717) is 5.02 Å². The van der Waals surface area contributed by atoms with Crippen molar-refractivity contribution in [3.05, 3.63) is 53.3 Å². The molecule has 0 aliphatic carbocycles. The Morgan fingerprint density at radius 2 is 2.00 bits per heavy atom. The molecule has 0 spiro atoms. The number of nitrogens with zero attached hydrogens (tertiary/aromatic N) is 1. The number of ether oxygens (including phenoxy) is 1. The monoisotopic (exact) mass is 290 g/mol. The summed E-state index contributed by atoms with van der Waals surface area (Å²) in [7, 11) is 0. The molecule has 2 aromatic rings. The van der Waals surface area contributed by atoms with Crippen LogP contribution >= 0.6 is 11.6 Å². The van der Waals surface area contributed by atoms with Gasteiger partial charge in [-0.05, 0) is 37.1 Å². The minimum Gasteiger partial charge on any atom is -0.494 e. The van der Waals surface area contributed by atoms with Crippen molar-refractivity contribution in [1.29, 1.82) is 0 Å². The van der Waals surface area contributed by atoms with Crippen molar-refractivity contribution in [2.24, 2.45) is 0 Å². The minimum absolute atomic E-state index is 0.150. The van der Waals surface area contributed by atoms with Crippen LogP contribution in [0.15, 0.2) is 42.7 Å². The quantitative estimate of drug-likeness (QED) is 0.837. The molecule has 0 bridgehead atoms. The van der Waals surface area contributed by atoms with Crippen LogP contribution in [-0.2, 0) is 0 Å². The Balaban J connectivity index is 2.02. The van der Waals surface area contributed by atoms with E-state index in [1.807, 2.05) is 12.1 Å². The van der Waals surface area contributed by atoms with Crippen molar-refractivity contribution in [2.45, 2.75) is 26.3 Å². The van der Waals surface area contributed by atoms with E-state index < -0.39 is 0 Å². The van der Waals surface area contributed by atoms with Crippen LogP contribution in [0.1, 0.15) is 31.9 Å². The number of anilines is 1. The van der Waals surface area contributed by atoms with Gasteiger partial charge in [0.1, 0.15) is 5.75 Å². The standard InChI is InChI=1S/C16H19ClN2O/c1-3-10-20-14-6-4-13(5-7-14)12(2)19-16-11-18-9-8-15(16)17/h4-9,11-12,19H,3,10H2,1-2H3. The lowest BCUT2D eigenvalue weighted by Crippen LogP contribution is -2.07. The largest absolute Gasteiger partial charge is 0.494 e.